The molecule has 3 aliphatic rings. The minimum absolute atomic E-state index is 0.504. The Morgan fingerprint density at radius 3 is 2.39 bits per heavy atom. The van der Waals surface area contributed by atoms with Crippen molar-refractivity contribution in [3.63, 3.8) is 0 Å². The molecule has 0 amide bonds. The van der Waals surface area contributed by atoms with Gasteiger partial charge in [-0.25, -0.2) is 9.78 Å². The zero-order valence-corrected chi connectivity index (χ0v) is 13.4. The Balaban J connectivity index is 2.25. The number of hydrogen-bond donors (Lipinski definition) is 3. The highest BCUT2D eigenvalue weighted by molar-refractivity contribution is 5.84. The van der Waals surface area contributed by atoms with Gasteiger partial charge in [0.15, 0.2) is 17.7 Å². The molecule has 28 heavy (non-hydrogen) atoms. The van der Waals surface area contributed by atoms with E-state index in [2.05, 4.69) is 9.97 Å². The summed E-state index contributed by atoms with van der Waals surface area (Å²) in [6.07, 6.45) is -11.5. The Kier molecular flexibility index (Phi) is 4.78. The van der Waals surface area contributed by atoms with Crippen LogP contribution in [0.5, 0.6) is 0 Å². The average molecular weight is 410 g/mol. The maximum Gasteiger partial charge on any atom is 0.472 e. The lowest BCUT2D eigenvalue weighted by atomic mass is 10.1. The van der Waals surface area contributed by atoms with Gasteiger partial charge in [-0.3, -0.25) is 14.2 Å². The van der Waals surface area contributed by atoms with Gasteiger partial charge in [0.1, 0.15) is 18.3 Å². The first-order chi connectivity index (χ1) is 13.0. The molecule has 4 atom stereocenters. The first-order valence-corrected chi connectivity index (χ1v) is 7.42. The van der Waals surface area contributed by atoms with Crippen LogP contribution < -0.4 is 11.2 Å². The van der Waals surface area contributed by atoms with Crippen molar-refractivity contribution in [2.45, 2.75) is 30.7 Å². The monoisotopic (exact) mass is 410 g/mol. The van der Waals surface area contributed by atoms with Crippen LogP contribution in [0.2, 0.25) is 0 Å². The topological polar surface area (TPSA) is 157 Å². The van der Waals surface area contributed by atoms with Crippen LogP contribution in [-0.2, 0) is 4.74 Å². The third-order valence-electron chi connectivity index (χ3n) is 3.96. The number of fused-ring (bicyclic) bond motifs is 1. The highest BCUT2D eigenvalue weighted by Crippen LogP contribution is 2.31. The number of hydrogen-bond acceptors (Lipinski definition) is 9. The fourth-order valence-electron chi connectivity index (χ4n) is 2.68. The summed E-state index contributed by atoms with van der Waals surface area (Å²) in [6.45, 7) is -0.756. The number of carbonyl (C=O) groups excluding carboxylic acids is 1. The Hall–Kier alpha value is -2.75. The predicted octanol–water partition coefficient (Wildman–Crippen LogP) is -2.14. The normalized spacial score (nSPS) is 25.4. The molecular weight excluding hydrogens is 400 g/mol. The highest BCUT2D eigenvalue weighted by Gasteiger charge is 2.46. The second-order valence-electron chi connectivity index (χ2n) is 5.71. The largest absolute Gasteiger partial charge is 0.472 e. The summed E-state index contributed by atoms with van der Waals surface area (Å²) in [4.78, 5) is 41.6. The summed E-state index contributed by atoms with van der Waals surface area (Å²) in [5.41, 5.74) is -4.94. The molecule has 0 spiro atoms. The van der Waals surface area contributed by atoms with E-state index in [4.69, 9.17) is 9.84 Å². The molecule has 152 valence electrons. The zero-order valence-electron chi connectivity index (χ0n) is 13.4. The van der Waals surface area contributed by atoms with Crippen LogP contribution in [0.3, 0.4) is 0 Å². The van der Waals surface area contributed by atoms with Crippen LogP contribution in [-0.4, -0.2) is 71.4 Å². The molecule has 0 unspecified atom stereocenters. The van der Waals surface area contributed by atoms with E-state index in [0.29, 0.717) is 10.8 Å². The van der Waals surface area contributed by atoms with Gasteiger partial charge in [-0.2, -0.15) is 27.1 Å². The number of nitrogens with zero attached hydrogens (tertiary/aromatic N) is 4. The minimum atomic E-state index is -5.59. The second-order valence-corrected chi connectivity index (χ2v) is 5.71. The van der Waals surface area contributed by atoms with Gasteiger partial charge in [-0.15, -0.1) is 0 Å². The molecule has 0 aromatic heterocycles. The second kappa shape index (κ2) is 6.69. The van der Waals surface area contributed by atoms with E-state index in [1.54, 1.807) is 0 Å². The molecule has 0 bridgehead atoms. The number of aliphatic hydroxyl groups excluding tert-OH is 3. The van der Waals surface area contributed by atoms with Gasteiger partial charge >= 0.3 is 17.8 Å². The van der Waals surface area contributed by atoms with E-state index < -0.39 is 76.5 Å². The van der Waals surface area contributed by atoms with E-state index in [0.717, 1.165) is 0 Å². The third-order valence-corrected chi connectivity index (χ3v) is 3.96. The van der Waals surface area contributed by atoms with Gasteiger partial charge in [0.2, 0.25) is 5.95 Å². The van der Waals surface area contributed by atoms with Crippen LogP contribution in [0, 0.1) is 5.95 Å². The zero-order chi connectivity index (χ0) is 21.0. The fraction of sp³-hybridized carbons (Fsp3) is 0.462. The fourth-order valence-corrected chi connectivity index (χ4v) is 2.68. The molecule has 3 aliphatic heterocycles. The Morgan fingerprint density at radius 1 is 1.21 bits per heavy atom. The molecule has 0 radical (unpaired) electrons. The number of halogens is 4. The van der Waals surface area contributed by atoms with E-state index in [1.165, 1.54) is 0 Å². The molecule has 11 nitrogen and oxygen atoms in total. The molecule has 0 aromatic rings. The van der Waals surface area contributed by atoms with Crippen LogP contribution in [0.4, 0.5) is 17.6 Å². The van der Waals surface area contributed by atoms with E-state index in [9.17, 15) is 42.2 Å². The minimum Gasteiger partial charge on any atom is -0.394 e. The van der Waals surface area contributed by atoms with E-state index >= 15 is 0 Å². The SMILES string of the molecule is O=C(n1c(=O)nc2n([C@@H]3O[C@H](CO)[C@H](O)[C@H]3O)cc(F)nc-2c1=O)C(F)(F)F. The van der Waals surface area contributed by atoms with Gasteiger partial charge in [-0.1, -0.05) is 0 Å². The molecular formula is C13H10F4N4O7. The van der Waals surface area contributed by atoms with Gasteiger partial charge in [0, 0.05) is 0 Å². The molecule has 1 fully saturated rings. The molecule has 0 saturated carbocycles. The summed E-state index contributed by atoms with van der Waals surface area (Å²) >= 11 is 0. The summed E-state index contributed by atoms with van der Waals surface area (Å²) in [6, 6.07) is 0. The van der Waals surface area contributed by atoms with E-state index in [1.807, 2.05) is 0 Å². The van der Waals surface area contributed by atoms with Gasteiger partial charge in [0.25, 0.3) is 5.56 Å². The summed E-state index contributed by atoms with van der Waals surface area (Å²) in [7, 11) is 0. The Morgan fingerprint density at radius 2 is 1.86 bits per heavy atom. The van der Waals surface area contributed by atoms with Crippen molar-refractivity contribution in [2.24, 2.45) is 0 Å². The Bertz CT molecular complexity index is 1020. The van der Waals surface area contributed by atoms with E-state index in [-0.39, 0.29) is 0 Å². The molecule has 3 rings (SSSR count). The molecule has 3 heterocycles. The van der Waals surface area contributed by atoms with Crippen LogP contribution in [0.1, 0.15) is 11.0 Å². The summed E-state index contributed by atoms with van der Waals surface area (Å²) < 4.78 is 56.5. The average Bonchev–Trinajstić information content (AvgIpc) is 2.89. The number of aromatic nitrogens is 4. The van der Waals surface area contributed by atoms with Crippen LogP contribution in [0.15, 0.2) is 15.8 Å². The van der Waals surface area contributed by atoms with Gasteiger partial charge in [-0.05, 0) is 0 Å². The van der Waals surface area contributed by atoms with Crippen LogP contribution >= 0.6 is 0 Å². The number of ether oxygens (including phenoxy) is 1. The molecule has 1 saturated heterocycles. The first kappa shape index (κ1) is 20.0. The molecule has 0 aromatic carbocycles. The third kappa shape index (κ3) is 3.07. The van der Waals surface area contributed by atoms with Crippen molar-refractivity contribution in [3.05, 3.63) is 33.0 Å². The number of alkyl halides is 3. The lowest BCUT2D eigenvalue weighted by molar-refractivity contribution is -0.0952. The van der Waals surface area contributed by atoms with Crippen molar-refractivity contribution in [3.8, 4) is 11.5 Å². The van der Waals surface area contributed by atoms with Gasteiger partial charge in [0.05, 0.1) is 12.8 Å². The first-order valence-electron chi connectivity index (χ1n) is 7.42. The lowest BCUT2D eigenvalue weighted by Crippen LogP contribution is -2.47. The smallest absolute Gasteiger partial charge is 0.394 e. The van der Waals surface area contributed by atoms with Crippen molar-refractivity contribution < 1.29 is 42.4 Å². The molecule has 3 N–H and O–H groups in total. The summed E-state index contributed by atoms with van der Waals surface area (Å²) in [5.74, 6) is -5.10. The van der Waals surface area contributed by atoms with Crippen LogP contribution in [0.25, 0.3) is 11.5 Å². The number of aliphatic hydroxyl groups is 3. The maximum atomic E-state index is 13.9. The van der Waals surface area contributed by atoms with Crippen molar-refractivity contribution >= 4 is 5.91 Å². The summed E-state index contributed by atoms with van der Waals surface area (Å²) in [5, 5.41) is 28.9. The van der Waals surface area contributed by atoms with Crippen molar-refractivity contribution in [2.75, 3.05) is 6.61 Å². The highest BCUT2D eigenvalue weighted by atomic mass is 19.4. The van der Waals surface area contributed by atoms with Gasteiger partial charge < -0.3 is 20.1 Å². The quantitative estimate of drug-likeness (QED) is 0.470. The van der Waals surface area contributed by atoms with Crippen molar-refractivity contribution in [1.29, 1.82) is 0 Å². The Labute approximate surface area is 150 Å². The lowest BCUT2D eigenvalue weighted by Gasteiger charge is -2.22. The predicted molar refractivity (Wildman–Crippen MR) is 76.8 cm³/mol. The van der Waals surface area contributed by atoms with Crippen molar-refractivity contribution in [1.82, 2.24) is 19.1 Å². The molecule has 15 heteroatoms. The number of carbonyl (C=O) groups is 1. The number of rotatable bonds is 2. The maximum absolute atomic E-state index is 13.9. The molecule has 0 aliphatic carbocycles. The standard InChI is InChI=1S/C13H10F4N4O7/c14-4-1-20(10-7(24)6(23)3(2-22)28-10)8-5(18-4)9(25)21(12(27)19-8)11(26)13(15,16)17/h1,3,6-7,10,22-24H,2H2/t3-,6+,7-,10-/m1/s1.